The number of quaternary nitrogens is 1. The summed E-state index contributed by atoms with van der Waals surface area (Å²) in [6.07, 6.45) is 11.0. The van der Waals surface area contributed by atoms with Gasteiger partial charge in [0, 0.05) is 6.42 Å². The highest BCUT2D eigenvalue weighted by Crippen LogP contribution is 2.36. The van der Waals surface area contributed by atoms with Gasteiger partial charge in [-0.25, -0.2) is 9.59 Å². The minimum atomic E-state index is -3.14. The molecule has 1 fully saturated rings. The maximum atomic E-state index is 13.3. The predicted octanol–water partition coefficient (Wildman–Crippen LogP) is 3.11. The summed E-state index contributed by atoms with van der Waals surface area (Å²) in [6, 6.07) is 0. The van der Waals surface area contributed by atoms with Gasteiger partial charge in [0.1, 0.15) is 6.54 Å². The number of unbranched alkanes of at least 4 members (excludes halogenated alkanes) is 12. The van der Waals surface area contributed by atoms with E-state index in [1.807, 2.05) is 0 Å². The van der Waals surface area contributed by atoms with Crippen molar-refractivity contribution in [3.05, 3.63) is 0 Å². The summed E-state index contributed by atoms with van der Waals surface area (Å²) in [4.78, 5) is 50.3. The summed E-state index contributed by atoms with van der Waals surface area (Å²) in [6.45, 7) is 1.64. The number of rotatable bonds is 18. The number of aliphatic hydroxyl groups excluding tert-OH is 1. The highest BCUT2D eigenvalue weighted by Gasteiger charge is 2.70. The van der Waals surface area contributed by atoms with Crippen molar-refractivity contribution in [1.82, 2.24) is 0 Å². The Balaban J connectivity index is 2.72. The minimum absolute atomic E-state index is 0.127. The van der Waals surface area contributed by atoms with Crippen LogP contribution in [-0.4, -0.2) is 88.7 Å². The van der Waals surface area contributed by atoms with E-state index in [2.05, 4.69) is 6.92 Å². The number of carboxylic acid groups (broad SMARTS) is 1. The van der Waals surface area contributed by atoms with Gasteiger partial charge < -0.3 is 29.3 Å². The zero-order chi connectivity index (χ0) is 28.1. The summed E-state index contributed by atoms with van der Waals surface area (Å²) >= 11 is 0. The van der Waals surface area contributed by atoms with Crippen LogP contribution < -0.4 is 0 Å². The van der Waals surface area contributed by atoms with Crippen LogP contribution in [0.25, 0.3) is 0 Å². The second kappa shape index (κ2) is 15.4. The number of hydrogen-bond donors (Lipinski definition) is 3. The molecule has 1 heterocycles. The van der Waals surface area contributed by atoms with E-state index < -0.39 is 54.1 Å². The Hall–Kier alpha value is -2.04. The van der Waals surface area contributed by atoms with Gasteiger partial charge in [-0.15, -0.1) is 0 Å². The first-order chi connectivity index (χ1) is 17.3. The Morgan fingerprint density at radius 2 is 1.32 bits per heavy atom. The molecule has 0 spiro atoms. The molecule has 0 aromatic heterocycles. The number of carboxylic acids is 1. The van der Waals surface area contributed by atoms with Crippen LogP contribution in [0, 0.1) is 0 Å². The molecule has 1 saturated heterocycles. The average molecular weight is 531 g/mol. The summed E-state index contributed by atoms with van der Waals surface area (Å²) in [5, 5.41) is 31.2. The van der Waals surface area contributed by atoms with Crippen LogP contribution in [-0.2, 0) is 28.7 Å². The quantitative estimate of drug-likeness (QED) is 0.105. The van der Waals surface area contributed by atoms with Crippen LogP contribution in [0.4, 0.5) is 0 Å². The van der Waals surface area contributed by atoms with Crippen LogP contribution in [0.1, 0.15) is 103 Å². The van der Waals surface area contributed by atoms with Crippen molar-refractivity contribution in [3.8, 4) is 0 Å². The molecule has 0 bridgehead atoms. The number of ether oxygens (including phenoxy) is 2. The van der Waals surface area contributed by atoms with Crippen molar-refractivity contribution < 1.29 is 48.5 Å². The van der Waals surface area contributed by atoms with E-state index in [1.165, 1.54) is 51.4 Å². The zero-order valence-electron chi connectivity index (χ0n) is 23.1. The molecule has 3 N–H and O–H groups in total. The Morgan fingerprint density at radius 3 is 1.76 bits per heavy atom. The maximum Gasteiger partial charge on any atom is 0.363 e. The monoisotopic (exact) mass is 530 g/mol. The molecule has 3 unspecified atom stereocenters. The van der Waals surface area contributed by atoms with Gasteiger partial charge in [-0.2, -0.15) is 0 Å². The third kappa shape index (κ3) is 10.3. The summed E-state index contributed by atoms with van der Waals surface area (Å²) in [5.41, 5.74) is -3.14. The van der Waals surface area contributed by atoms with Crippen LogP contribution >= 0.6 is 0 Å². The molecule has 1 rings (SSSR count). The van der Waals surface area contributed by atoms with Gasteiger partial charge in [-0.05, 0) is 6.42 Å². The zero-order valence-corrected chi connectivity index (χ0v) is 23.1. The highest BCUT2D eigenvalue weighted by molar-refractivity contribution is 6.10. The number of Topliss-reactive ketones (excluding diaryl/α,β-unsaturated/α-hetero) is 1. The standard InChI is InChI=1S/C27H47NO9/c1-5-6-7-8-9-10-11-12-13-14-15-16-17-18-22(30)27(25(33)34)26(35,20-28(2,3)4)37-24(32)21(29)19-23(31)36-27/h21,29,35H,5-20H2,1-4H3/p+1. The van der Waals surface area contributed by atoms with E-state index in [0.717, 1.165) is 19.3 Å². The lowest BCUT2D eigenvalue weighted by atomic mass is 9.83. The van der Waals surface area contributed by atoms with Crippen molar-refractivity contribution in [1.29, 1.82) is 0 Å². The maximum absolute atomic E-state index is 13.3. The van der Waals surface area contributed by atoms with Crippen molar-refractivity contribution in [2.75, 3.05) is 27.7 Å². The molecule has 0 aromatic carbocycles. The lowest BCUT2D eigenvalue weighted by Gasteiger charge is -2.44. The molecular formula is C27H48NO9+. The van der Waals surface area contributed by atoms with E-state index >= 15 is 0 Å². The van der Waals surface area contributed by atoms with Crippen LogP contribution in [0.15, 0.2) is 0 Å². The van der Waals surface area contributed by atoms with Gasteiger partial charge in [0.25, 0.3) is 0 Å². The van der Waals surface area contributed by atoms with E-state index in [-0.39, 0.29) is 10.9 Å². The van der Waals surface area contributed by atoms with E-state index in [0.29, 0.717) is 12.8 Å². The molecule has 3 atom stereocenters. The predicted molar refractivity (Wildman–Crippen MR) is 136 cm³/mol. The van der Waals surface area contributed by atoms with Gasteiger partial charge >= 0.3 is 29.3 Å². The van der Waals surface area contributed by atoms with Crippen LogP contribution in [0.3, 0.4) is 0 Å². The molecule has 1 aliphatic rings. The van der Waals surface area contributed by atoms with Crippen molar-refractivity contribution in [2.24, 2.45) is 0 Å². The number of hydrogen-bond acceptors (Lipinski definition) is 8. The molecule has 0 aromatic rings. The largest absolute Gasteiger partial charge is 0.478 e. The molecule has 0 radical (unpaired) electrons. The van der Waals surface area contributed by atoms with E-state index in [4.69, 9.17) is 9.47 Å². The topological polar surface area (TPSA) is 147 Å². The first-order valence-corrected chi connectivity index (χ1v) is 13.7. The number of esters is 2. The van der Waals surface area contributed by atoms with Crippen LogP contribution in [0.5, 0.6) is 0 Å². The molecule has 0 amide bonds. The number of carbonyl (C=O) groups excluding carboxylic acids is 3. The number of likely N-dealkylation sites (N-methyl/N-ethyl adjacent to an activating group) is 1. The summed E-state index contributed by atoms with van der Waals surface area (Å²) < 4.78 is 9.94. The van der Waals surface area contributed by atoms with E-state index in [1.54, 1.807) is 21.1 Å². The molecule has 1 aliphatic heterocycles. The minimum Gasteiger partial charge on any atom is -0.478 e. The van der Waals surface area contributed by atoms with E-state index in [9.17, 15) is 34.5 Å². The van der Waals surface area contributed by atoms with Gasteiger partial charge in [0.2, 0.25) is 0 Å². The molecule has 37 heavy (non-hydrogen) atoms. The van der Waals surface area contributed by atoms with Crippen molar-refractivity contribution in [3.63, 3.8) is 0 Å². The van der Waals surface area contributed by atoms with Crippen molar-refractivity contribution in [2.45, 2.75) is 121 Å². The fraction of sp³-hybridized carbons (Fsp3) is 0.852. The van der Waals surface area contributed by atoms with Crippen LogP contribution in [0.2, 0.25) is 0 Å². The second-order valence-corrected chi connectivity index (χ2v) is 11.3. The number of ketones is 1. The number of cyclic esters (lactones) is 2. The number of aliphatic hydroxyl groups is 2. The first kappa shape index (κ1) is 33.0. The molecule has 214 valence electrons. The highest BCUT2D eigenvalue weighted by atomic mass is 16.7. The first-order valence-electron chi connectivity index (χ1n) is 13.7. The summed E-state index contributed by atoms with van der Waals surface area (Å²) in [7, 11) is 4.73. The van der Waals surface area contributed by atoms with Crippen molar-refractivity contribution >= 4 is 23.7 Å². The second-order valence-electron chi connectivity index (χ2n) is 11.3. The number of aliphatic carboxylic acids is 1. The Labute approximate surface area is 220 Å². The lowest BCUT2D eigenvalue weighted by molar-refractivity contribution is -0.881. The normalized spacial score (nSPS) is 24.6. The average Bonchev–Trinajstić information content (AvgIpc) is 2.78. The Bertz CT molecular complexity index is 763. The Kier molecular flexibility index (Phi) is 13.7. The molecule has 0 aliphatic carbocycles. The molecule has 0 saturated carbocycles. The molecule has 10 nitrogen and oxygen atoms in total. The summed E-state index contributed by atoms with van der Waals surface area (Å²) in [5.74, 6) is -8.69. The van der Waals surface area contributed by atoms with Gasteiger partial charge in [-0.1, -0.05) is 84.0 Å². The smallest absolute Gasteiger partial charge is 0.363 e. The molecular weight excluding hydrogens is 482 g/mol. The third-order valence-electron chi connectivity index (χ3n) is 6.61. The SMILES string of the molecule is CCCCCCCCCCCCCCCC(=O)C1(C(=O)O)OC(=O)CC(O)C(=O)OC1(O)C[N+](C)(C)C. The fourth-order valence-electron chi connectivity index (χ4n) is 4.71. The number of carbonyl (C=O) groups is 4. The molecule has 10 heteroatoms. The van der Waals surface area contributed by atoms with Gasteiger partial charge in [-0.3, -0.25) is 9.59 Å². The third-order valence-corrected chi connectivity index (χ3v) is 6.61. The van der Waals surface area contributed by atoms with Gasteiger partial charge in [0.05, 0.1) is 27.6 Å². The number of nitrogens with zero attached hydrogens (tertiary/aromatic N) is 1. The Morgan fingerprint density at radius 1 is 0.865 bits per heavy atom. The fourth-order valence-corrected chi connectivity index (χ4v) is 4.71. The van der Waals surface area contributed by atoms with Gasteiger partial charge in [0.15, 0.2) is 11.9 Å². The lowest BCUT2D eigenvalue weighted by Crippen LogP contribution is -2.73.